The number of hydrogen-bond acceptors (Lipinski definition) is 2. The Morgan fingerprint density at radius 2 is 1.52 bits per heavy atom. The molecular weight excluding hydrogens is 358 g/mol. The van der Waals surface area contributed by atoms with E-state index in [4.69, 9.17) is 4.74 Å². The Morgan fingerprint density at radius 3 is 2.28 bits per heavy atom. The zero-order valence-electron chi connectivity index (χ0n) is 16.6. The number of amides is 1. The van der Waals surface area contributed by atoms with Gasteiger partial charge in [-0.25, -0.2) is 0 Å². The summed E-state index contributed by atoms with van der Waals surface area (Å²) in [6.45, 7) is 1.98. The second kappa shape index (κ2) is 8.19. The maximum atomic E-state index is 12.5. The third kappa shape index (κ3) is 4.30. The van der Waals surface area contributed by atoms with Gasteiger partial charge in [-0.05, 0) is 71.1 Å². The molecule has 0 aliphatic rings. The molecule has 0 unspecified atom stereocenters. The Balaban J connectivity index is 1.47. The number of rotatable bonds is 5. The third-order valence-corrected chi connectivity index (χ3v) is 5.13. The number of benzene rings is 4. The number of methoxy groups -OCH3 is 1. The molecule has 0 atom stereocenters. The van der Waals surface area contributed by atoms with Gasteiger partial charge in [0.15, 0.2) is 0 Å². The zero-order chi connectivity index (χ0) is 20.2. The summed E-state index contributed by atoms with van der Waals surface area (Å²) in [5, 5.41) is 5.33. The first-order valence-electron chi connectivity index (χ1n) is 9.65. The Morgan fingerprint density at radius 1 is 0.828 bits per heavy atom. The number of fused-ring (bicyclic) bond motifs is 1. The van der Waals surface area contributed by atoms with E-state index in [1.807, 2.05) is 67.6 Å². The number of carbonyl (C=O) groups excluding carboxylic acids is 1. The fraction of sp³-hybridized carbons (Fsp3) is 0.115. The van der Waals surface area contributed by atoms with Crippen molar-refractivity contribution in [2.24, 2.45) is 0 Å². The summed E-state index contributed by atoms with van der Waals surface area (Å²) >= 11 is 0. The molecule has 4 aromatic carbocycles. The van der Waals surface area contributed by atoms with Gasteiger partial charge in [-0.3, -0.25) is 4.79 Å². The van der Waals surface area contributed by atoms with Crippen molar-refractivity contribution in [3.63, 3.8) is 0 Å². The van der Waals surface area contributed by atoms with Gasteiger partial charge in [0, 0.05) is 11.3 Å². The number of ether oxygens (including phenoxy) is 1. The molecule has 0 aromatic heterocycles. The molecule has 144 valence electrons. The van der Waals surface area contributed by atoms with Crippen molar-refractivity contribution >= 4 is 22.4 Å². The van der Waals surface area contributed by atoms with E-state index in [9.17, 15) is 4.79 Å². The summed E-state index contributed by atoms with van der Waals surface area (Å²) in [6, 6.07) is 28.2. The van der Waals surface area contributed by atoms with Gasteiger partial charge < -0.3 is 10.1 Å². The standard InChI is InChI=1S/C26H23NO2/c1-18-5-3-4-6-25(18)27-26(28)21-10-7-19(8-11-21)15-20-9-12-23-17-24(29-2)14-13-22(23)16-20/h3-14,16-17H,15H2,1-2H3,(H,27,28). The number of para-hydroxylation sites is 1. The van der Waals surface area contributed by atoms with Crippen molar-refractivity contribution < 1.29 is 9.53 Å². The molecule has 0 bridgehead atoms. The van der Waals surface area contributed by atoms with Crippen LogP contribution in [-0.4, -0.2) is 13.0 Å². The van der Waals surface area contributed by atoms with E-state index >= 15 is 0 Å². The molecule has 3 heteroatoms. The van der Waals surface area contributed by atoms with Gasteiger partial charge in [0.1, 0.15) is 5.75 Å². The van der Waals surface area contributed by atoms with E-state index in [-0.39, 0.29) is 5.91 Å². The van der Waals surface area contributed by atoms with Gasteiger partial charge in [-0.2, -0.15) is 0 Å². The molecule has 4 rings (SSSR count). The van der Waals surface area contributed by atoms with Crippen LogP contribution < -0.4 is 10.1 Å². The van der Waals surface area contributed by atoms with Crippen LogP contribution in [0.2, 0.25) is 0 Å². The van der Waals surface area contributed by atoms with Gasteiger partial charge in [0.05, 0.1) is 7.11 Å². The number of carbonyl (C=O) groups is 1. The van der Waals surface area contributed by atoms with Crippen molar-refractivity contribution in [2.45, 2.75) is 13.3 Å². The molecule has 0 aliphatic heterocycles. The Bertz CT molecular complexity index is 1160. The highest BCUT2D eigenvalue weighted by atomic mass is 16.5. The van der Waals surface area contributed by atoms with Gasteiger partial charge in [-0.15, -0.1) is 0 Å². The van der Waals surface area contributed by atoms with E-state index < -0.39 is 0 Å². The minimum absolute atomic E-state index is 0.0921. The molecule has 0 aliphatic carbocycles. The van der Waals surface area contributed by atoms with E-state index in [2.05, 4.69) is 29.6 Å². The third-order valence-electron chi connectivity index (χ3n) is 5.13. The van der Waals surface area contributed by atoms with E-state index in [0.717, 1.165) is 28.8 Å². The van der Waals surface area contributed by atoms with Crippen LogP contribution in [0.25, 0.3) is 10.8 Å². The van der Waals surface area contributed by atoms with Crippen LogP contribution in [0, 0.1) is 6.92 Å². The SMILES string of the molecule is COc1ccc2cc(Cc3ccc(C(=O)Nc4ccccc4C)cc3)ccc2c1. The normalized spacial score (nSPS) is 10.7. The first kappa shape index (κ1) is 18.8. The zero-order valence-corrected chi connectivity index (χ0v) is 16.6. The summed E-state index contributed by atoms with van der Waals surface area (Å²) in [6.07, 6.45) is 0.821. The molecule has 1 amide bonds. The molecule has 0 fully saturated rings. The van der Waals surface area contributed by atoms with Gasteiger partial charge >= 0.3 is 0 Å². The predicted octanol–water partition coefficient (Wildman–Crippen LogP) is 6.00. The second-order valence-corrected chi connectivity index (χ2v) is 7.19. The number of aryl methyl sites for hydroxylation is 1. The molecular formula is C26H23NO2. The lowest BCUT2D eigenvalue weighted by Gasteiger charge is -2.09. The molecule has 0 saturated heterocycles. The van der Waals surface area contributed by atoms with Crippen molar-refractivity contribution in [3.8, 4) is 5.75 Å². The number of nitrogens with one attached hydrogen (secondary N) is 1. The largest absolute Gasteiger partial charge is 0.497 e. The topological polar surface area (TPSA) is 38.3 Å². The molecule has 3 nitrogen and oxygen atoms in total. The molecule has 0 radical (unpaired) electrons. The molecule has 0 saturated carbocycles. The highest BCUT2D eigenvalue weighted by molar-refractivity contribution is 6.04. The highest BCUT2D eigenvalue weighted by Gasteiger charge is 2.08. The average Bonchev–Trinajstić information content (AvgIpc) is 2.75. The molecule has 29 heavy (non-hydrogen) atoms. The van der Waals surface area contributed by atoms with Crippen LogP contribution in [0.5, 0.6) is 5.75 Å². The minimum atomic E-state index is -0.0921. The molecule has 1 N–H and O–H groups in total. The average molecular weight is 381 g/mol. The van der Waals surface area contributed by atoms with Crippen molar-refractivity contribution in [1.82, 2.24) is 0 Å². The molecule has 0 spiro atoms. The summed E-state index contributed by atoms with van der Waals surface area (Å²) < 4.78 is 5.29. The van der Waals surface area contributed by atoms with Crippen LogP contribution >= 0.6 is 0 Å². The van der Waals surface area contributed by atoms with Crippen LogP contribution in [0.3, 0.4) is 0 Å². The van der Waals surface area contributed by atoms with Gasteiger partial charge in [-0.1, -0.05) is 54.6 Å². The van der Waals surface area contributed by atoms with Crippen LogP contribution in [0.4, 0.5) is 5.69 Å². The summed E-state index contributed by atoms with van der Waals surface area (Å²) in [7, 11) is 1.68. The summed E-state index contributed by atoms with van der Waals surface area (Å²) in [5.41, 5.74) is 4.95. The first-order valence-corrected chi connectivity index (χ1v) is 9.65. The highest BCUT2D eigenvalue weighted by Crippen LogP contribution is 2.23. The van der Waals surface area contributed by atoms with E-state index in [1.165, 1.54) is 16.5 Å². The van der Waals surface area contributed by atoms with E-state index in [0.29, 0.717) is 5.56 Å². The second-order valence-electron chi connectivity index (χ2n) is 7.19. The maximum Gasteiger partial charge on any atom is 0.255 e. The van der Waals surface area contributed by atoms with Crippen molar-refractivity contribution in [2.75, 3.05) is 12.4 Å². The van der Waals surface area contributed by atoms with Gasteiger partial charge in [0.25, 0.3) is 5.91 Å². The minimum Gasteiger partial charge on any atom is -0.497 e. The van der Waals surface area contributed by atoms with Crippen LogP contribution in [0.15, 0.2) is 84.9 Å². The fourth-order valence-electron chi connectivity index (χ4n) is 3.43. The lowest BCUT2D eigenvalue weighted by atomic mass is 10.00. The Labute approximate surface area is 171 Å². The Hall–Kier alpha value is -3.59. The summed E-state index contributed by atoms with van der Waals surface area (Å²) in [4.78, 5) is 12.5. The molecule has 0 heterocycles. The van der Waals surface area contributed by atoms with Crippen molar-refractivity contribution in [1.29, 1.82) is 0 Å². The fourth-order valence-corrected chi connectivity index (χ4v) is 3.43. The predicted molar refractivity (Wildman–Crippen MR) is 119 cm³/mol. The van der Waals surface area contributed by atoms with Gasteiger partial charge in [0.2, 0.25) is 0 Å². The van der Waals surface area contributed by atoms with E-state index in [1.54, 1.807) is 7.11 Å². The van der Waals surface area contributed by atoms with Crippen LogP contribution in [0.1, 0.15) is 27.0 Å². The lowest BCUT2D eigenvalue weighted by molar-refractivity contribution is 0.102. The Kier molecular flexibility index (Phi) is 5.30. The lowest BCUT2D eigenvalue weighted by Crippen LogP contribution is -2.12. The smallest absolute Gasteiger partial charge is 0.255 e. The molecule has 4 aromatic rings. The summed E-state index contributed by atoms with van der Waals surface area (Å²) in [5.74, 6) is 0.773. The maximum absolute atomic E-state index is 12.5. The number of anilines is 1. The quantitative estimate of drug-likeness (QED) is 0.460. The van der Waals surface area contributed by atoms with Crippen molar-refractivity contribution in [3.05, 3.63) is 107 Å². The first-order chi connectivity index (χ1) is 14.1. The monoisotopic (exact) mass is 381 g/mol. The number of hydrogen-bond donors (Lipinski definition) is 1. The van der Waals surface area contributed by atoms with Crippen LogP contribution in [-0.2, 0) is 6.42 Å².